The average Bonchev–Trinajstić information content (AvgIpc) is 2.87. The van der Waals surface area contributed by atoms with Crippen LogP contribution in [0.15, 0.2) is 66.7 Å². The summed E-state index contributed by atoms with van der Waals surface area (Å²) < 4.78 is 26.7. The van der Waals surface area contributed by atoms with Crippen molar-refractivity contribution >= 4 is 73.9 Å². The van der Waals surface area contributed by atoms with Crippen molar-refractivity contribution in [1.29, 1.82) is 0 Å². The van der Waals surface area contributed by atoms with Crippen LogP contribution in [0.1, 0.15) is 31.9 Å². The summed E-state index contributed by atoms with van der Waals surface area (Å²) in [6.07, 6.45) is 1.14. The van der Waals surface area contributed by atoms with E-state index in [-0.39, 0.29) is 33.7 Å². The summed E-state index contributed by atoms with van der Waals surface area (Å²) in [5.41, 5.74) is 0.855. The third kappa shape index (κ3) is 9.25. The third-order valence-corrected chi connectivity index (χ3v) is 8.66. The Kier molecular flexibility index (Phi) is 11.0. The summed E-state index contributed by atoms with van der Waals surface area (Å²) in [5.74, 6) is -1.04. The van der Waals surface area contributed by atoms with Gasteiger partial charge in [0.05, 0.1) is 32.0 Å². The van der Waals surface area contributed by atoms with E-state index in [1.54, 1.807) is 18.2 Å². The van der Waals surface area contributed by atoms with Crippen LogP contribution in [0.25, 0.3) is 0 Å². The monoisotopic (exact) mass is 657 g/mol. The van der Waals surface area contributed by atoms with Gasteiger partial charge in [0.1, 0.15) is 12.6 Å². The highest BCUT2D eigenvalue weighted by atomic mass is 35.5. The van der Waals surface area contributed by atoms with Gasteiger partial charge in [-0.05, 0) is 56.2 Å². The molecule has 0 aliphatic rings. The zero-order valence-electron chi connectivity index (χ0n) is 23.0. The second-order valence-corrected chi connectivity index (χ2v) is 14.1. The number of nitrogens with one attached hydrogen (secondary N) is 1. The third-order valence-electron chi connectivity index (χ3n) is 5.99. The largest absolute Gasteiger partial charge is 0.350 e. The smallest absolute Gasteiger partial charge is 0.244 e. The molecular formula is C29H31Cl4N3O4S. The van der Waals surface area contributed by atoms with Crippen molar-refractivity contribution in [3.8, 4) is 0 Å². The Balaban J connectivity index is 2.12. The van der Waals surface area contributed by atoms with Crippen molar-refractivity contribution < 1.29 is 18.0 Å². The first-order chi connectivity index (χ1) is 19.1. The molecule has 0 bridgehead atoms. The van der Waals surface area contributed by atoms with E-state index in [1.165, 1.54) is 23.1 Å². The molecule has 0 aromatic heterocycles. The van der Waals surface area contributed by atoms with Crippen molar-refractivity contribution in [1.82, 2.24) is 10.2 Å². The van der Waals surface area contributed by atoms with Crippen LogP contribution in [-0.2, 0) is 32.6 Å². The number of hydrogen-bond acceptors (Lipinski definition) is 4. The molecule has 3 rings (SSSR count). The number of amides is 2. The average molecular weight is 659 g/mol. The van der Waals surface area contributed by atoms with Gasteiger partial charge in [-0.25, -0.2) is 8.42 Å². The molecule has 0 radical (unpaired) electrons. The van der Waals surface area contributed by atoms with Crippen LogP contribution in [0, 0.1) is 0 Å². The summed E-state index contributed by atoms with van der Waals surface area (Å²) in [4.78, 5) is 29.2. The van der Waals surface area contributed by atoms with Crippen molar-refractivity contribution in [2.24, 2.45) is 0 Å². The minimum absolute atomic E-state index is 0.0188. The quantitative estimate of drug-likeness (QED) is 0.265. The highest BCUT2D eigenvalue weighted by molar-refractivity contribution is 7.92. The zero-order chi connectivity index (χ0) is 30.5. The molecule has 0 heterocycles. The van der Waals surface area contributed by atoms with E-state index < -0.39 is 40.0 Å². The number of sulfonamides is 1. The molecule has 7 nitrogen and oxygen atoms in total. The van der Waals surface area contributed by atoms with Crippen molar-refractivity contribution in [3.05, 3.63) is 97.9 Å². The maximum atomic E-state index is 14.1. The Hall–Kier alpha value is -2.49. The van der Waals surface area contributed by atoms with Gasteiger partial charge in [-0.2, -0.15) is 0 Å². The van der Waals surface area contributed by atoms with E-state index in [1.807, 2.05) is 51.1 Å². The van der Waals surface area contributed by atoms with E-state index >= 15 is 0 Å². The summed E-state index contributed by atoms with van der Waals surface area (Å²) in [6.45, 7) is 4.83. The number of benzene rings is 3. The lowest BCUT2D eigenvalue weighted by Crippen LogP contribution is -2.56. The molecule has 3 aromatic carbocycles. The highest BCUT2D eigenvalue weighted by Gasteiger charge is 2.35. The van der Waals surface area contributed by atoms with Crippen molar-refractivity contribution in [2.75, 3.05) is 17.1 Å². The summed E-state index contributed by atoms with van der Waals surface area (Å²) in [7, 11) is -4.00. The number of anilines is 1. The predicted molar refractivity (Wildman–Crippen MR) is 167 cm³/mol. The zero-order valence-corrected chi connectivity index (χ0v) is 26.8. The second kappa shape index (κ2) is 13.7. The molecule has 220 valence electrons. The normalized spacial score (nSPS) is 12.5. The minimum Gasteiger partial charge on any atom is -0.350 e. The Morgan fingerprint density at radius 2 is 1.51 bits per heavy atom. The highest BCUT2D eigenvalue weighted by Crippen LogP contribution is 2.34. The maximum Gasteiger partial charge on any atom is 0.244 e. The van der Waals surface area contributed by atoms with Crippen LogP contribution in [0.4, 0.5) is 5.69 Å². The lowest BCUT2D eigenvalue weighted by Gasteiger charge is -2.35. The lowest BCUT2D eigenvalue weighted by atomic mass is 10.0. The molecule has 41 heavy (non-hydrogen) atoms. The fourth-order valence-corrected chi connectivity index (χ4v) is 5.74. The van der Waals surface area contributed by atoms with E-state index in [0.29, 0.717) is 10.6 Å². The van der Waals surface area contributed by atoms with Crippen molar-refractivity contribution in [3.63, 3.8) is 0 Å². The van der Waals surface area contributed by atoms with Gasteiger partial charge in [0.2, 0.25) is 21.8 Å². The molecule has 0 fully saturated rings. The summed E-state index contributed by atoms with van der Waals surface area (Å²) >= 11 is 24.9. The van der Waals surface area contributed by atoms with E-state index in [9.17, 15) is 18.0 Å². The number of carbonyl (C=O) groups is 2. The van der Waals surface area contributed by atoms with Crippen LogP contribution in [0.5, 0.6) is 0 Å². The Morgan fingerprint density at radius 1 is 0.854 bits per heavy atom. The number of nitrogens with zero attached hydrogens (tertiary/aromatic N) is 2. The van der Waals surface area contributed by atoms with Gasteiger partial charge in [0.25, 0.3) is 0 Å². The Labute approximate surface area is 261 Å². The van der Waals surface area contributed by atoms with Gasteiger partial charge in [-0.1, -0.05) is 88.9 Å². The Morgan fingerprint density at radius 3 is 2.10 bits per heavy atom. The molecule has 0 spiro atoms. The molecule has 0 saturated heterocycles. The number of rotatable bonds is 10. The molecule has 0 aliphatic carbocycles. The van der Waals surface area contributed by atoms with Crippen LogP contribution < -0.4 is 9.62 Å². The molecule has 0 saturated carbocycles. The van der Waals surface area contributed by atoms with E-state index in [4.69, 9.17) is 46.4 Å². The number of halogens is 4. The lowest BCUT2D eigenvalue weighted by molar-refractivity contribution is -0.140. The van der Waals surface area contributed by atoms with Crippen LogP contribution in [0.2, 0.25) is 20.1 Å². The fraction of sp³-hybridized carbons (Fsp3) is 0.310. The summed E-state index contributed by atoms with van der Waals surface area (Å²) in [5, 5.41) is 3.68. The molecule has 2 amide bonds. The van der Waals surface area contributed by atoms with Crippen LogP contribution >= 0.6 is 46.4 Å². The van der Waals surface area contributed by atoms with Gasteiger partial charge in [0, 0.05) is 18.5 Å². The molecule has 1 unspecified atom stereocenters. The fourth-order valence-electron chi connectivity index (χ4n) is 4.12. The minimum atomic E-state index is -4.00. The molecular weight excluding hydrogens is 628 g/mol. The van der Waals surface area contributed by atoms with Crippen LogP contribution in [-0.4, -0.2) is 49.5 Å². The first kappa shape index (κ1) is 33.0. The Bertz CT molecular complexity index is 1510. The number of hydrogen-bond donors (Lipinski definition) is 1. The van der Waals surface area contributed by atoms with E-state index in [0.717, 1.165) is 16.1 Å². The molecule has 12 heteroatoms. The first-order valence-corrected chi connectivity index (χ1v) is 15.9. The topological polar surface area (TPSA) is 86.8 Å². The van der Waals surface area contributed by atoms with E-state index in [2.05, 4.69) is 5.32 Å². The standard InChI is InChI=1S/C29H31Cl4N3O4S/c1-29(2,3)34-28(38)25(16-19-9-6-5-7-10-19)35(17-20-13-14-21(30)23(32)15-20)26(37)18-36(41(4,39)40)24-12-8-11-22(31)27(24)33/h5-15,25H,16-18H2,1-4H3,(H,34,38). The summed E-state index contributed by atoms with van der Waals surface area (Å²) in [6, 6.07) is 17.6. The SMILES string of the molecule is CC(C)(C)NC(=O)C(Cc1ccccc1)N(Cc1ccc(Cl)c(Cl)c1)C(=O)CN(c1cccc(Cl)c1Cl)S(C)(=O)=O. The van der Waals surface area contributed by atoms with Crippen LogP contribution in [0.3, 0.4) is 0 Å². The molecule has 0 aliphatic heterocycles. The molecule has 3 aromatic rings. The van der Waals surface area contributed by atoms with Gasteiger partial charge in [0.15, 0.2) is 0 Å². The predicted octanol–water partition coefficient (Wildman–Crippen LogP) is 6.62. The first-order valence-electron chi connectivity index (χ1n) is 12.6. The van der Waals surface area contributed by atoms with Gasteiger partial charge >= 0.3 is 0 Å². The van der Waals surface area contributed by atoms with Gasteiger partial charge < -0.3 is 10.2 Å². The van der Waals surface area contributed by atoms with Crippen molar-refractivity contribution in [2.45, 2.75) is 45.3 Å². The maximum absolute atomic E-state index is 14.1. The second-order valence-electron chi connectivity index (χ2n) is 10.6. The molecule has 1 N–H and O–H groups in total. The number of carbonyl (C=O) groups excluding carboxylic acids is 2. The molecule has 1 atom stereocenters. The van der Waals surface area contributed by atoms with Gasteiger partial charge in [-0.15, -0.1) is 0 Å². The van der Waals surface area contributed by atoms with Gasteiger partial charge in [-0.3, -0.25) is 13.9 Å².